The Morgan fingerprint density at radius 2 is 1.02 bits per heavy atom. The lowest BCUT2D eigenvalue weighted by Crippen LogP contribution is -2.68. The van der Waals surface area contributed by atoms with E-state index in [1.54, 1.807) is 0 Å². The summed E-state index contributed by atoms with van der Waals surface area (Å²) >= 11 is 0. The largest absolute Gasteiger partial charge is 0.456 e. The molecule has 1 aliphatic rings. The molecule has 0 unspecified atom stereocenters. The highest BCUT2D eigenvalue weighted by Gasteiger charge is 2.19. The van der Waals surface area contributed by atoms with E-state index < -0.39 is 10.2 Å². The molecule has 0 saturated carbocycles. The van der Waals surface area contributed by atoms with Gasteiger partial charge < -0.3 is 4.74 Å². The van der Waals surface area contributed by atoms with Crippen LogP contribution in [0.2, 0.25) is 0 Å². The van der Waals surface area contributed by atoms with Crippen LogP contribution in [-0.2, 0) is 4.74 Å². The van der Waals surface area contributed by atoms with Crippen molar-refractivity contribution in [2.24, 2.45) is 0 Å². The second-order valence-corrected chi connectivity index (χ2v) is 11.5. The molecule has 0 saturated heterocycles. The van der Waals surface area contributed by atoms with Gasteiger partial charge in [-0.2, -0.15) is 0 Å². The third-order valence-corrected chi connectivity index (χ3v) is 7.44. The molecular weight excluding hydrogens is 624 g/mol. The second-order valence-electron chi connectivity index (χ2n) is 10.8. The summed E-state index contributed by atoms with van der Waals surface area (Å²) in [6.45, 7) is 0. The molecule has 48 heavy (non-hydrogen) atoms. The molecular formula is C41H29ClO6. The van der Waals surface area contributed by atoms with Gasteiger partial charge in [-0.15, -0.1) is 10.2 Å². The minimum atomic E-state index is -4.94. The number of rotatable bonds is 6. The average Bonchev–Trinajstić information content (AvgIpc) is 3.12. The first kappa shape index (κ1) is 32.3. The Kier molecular flexibility index (Phi) is 10.0. The molecule has 0 spiro atoms. The highest BCUT2D eigenvalue weighted by atomic mass is 35.7. The van der Waals surface area contributed by atoms with Crippen molar-refractivity contribution < 1.29 is 38.0 Å². The van der Waals surface area contributed by atoms with E-state index >= 15 is 0 Å². The Hall–Kier alpha value is -5.60. The number of allylic oxidation sites excluding steroid dienone is 5. The van der Waals surface area contributed by atoms with Crippen LogP contribution < -0.4 is 18.6 Å². The molecule has 7 rings (SSSR count). The summed E-state index contributed by atoms with van der Waals surface area (Å²) in [5.74, 6) is 2.46. The van der Waals surface area contributed by atoms with Gasteiger partial charge in [-0.1, -0.05) is 121 Å². The number of halogens is 1. The van der Waals surface area contributed by atoms with Gasteiger partial charge in [-0.25, -0.2) is 23.1 Å². The summed E-state index contributed by atoms with van der Waals surface area (Å²) in [4.78, 5) is 0. The van der Waals surface area contributed by atoms with E-state index in [1.165, 1.54) is 0 Å². The predicted octanol–water partition coefficient (Wildman–Crippen LogP) is 6.20. The number of hydrogen-bond acceptors (Lipinski definition) is 5. The van der Waals surface area contributed by atoms with Gasteiger partial charge >= 0.3 is 11.3 Å². The lowest BCUT2D eigenvalue weighted by atomic mass is 9.96. The summed E-state index contributed by atoms with van der Waals surface area (Å²) < 4.78 is 46.8. The van der Waals surface area contributed by atoms with Gasteiger partial charge in [0.15, 0.2) is 0 Å². The summed E-state index contributed by atoms with van der Waals surface area (Å²) in [6, 6.07) is 51.6. The molecule has 0 atom stereocenters. The van der Waals surface area contributed by atoms with Crippen LogP contribution in [0.15, 0.2) is 180 Å². The van der Waals surface area contributed by atoms with Crippen molar-refractivity contribution in [3.63, 3.8) is 0 Å². The topological polar surface area (TPSA) is 113 Å². The van der Waals surface area contributed by atoms with Gasteiger partial charge in [0.1, 0.15) is 11.5 Å². The molecule has 0 bridgehead atoms. The van der Waals surface area contributed by atoms with Crippen LogP contribution in [0.1, 0.15) is 22.3 Å². The molecule has 1 aromatic heterocycles. The molecule has 0 radical (unpaired) electrons. The quantitative estimate of drug-likeness (QED) is 0.198. The third-order valence-electron chi connectivity index (χ3n) is 7.44. The van der Waals surface area contributed by atoms with E-state index in [1.807, 2.05) is 72.8 Å². The normalized spacial score (nSPS) is 13.1. The Morgan fingerprint density at radius 1 is 0.562 bits per heavy atom. The first-order valence-electron chi connectivity index (χ1n) is 15.0. The van der Waals surface area contributed by atoms with Crippen molar-refractivity contribution in [3.8, 4) is 11.3 Å². The van der Waals surface area contributed by atoms with Crippen molar-refractivity contribution in [2.45, 2.75) is 0 Å². The van der Waals surface area contributed by atoms with E-state index in [4.69, 9.17) is 27.8 Å². The van der Waals surface area contributed by atoms with Crippen molar-refractivity contribution >= 4 is 34.1 Å². The van der Waals surface area contributed by atoms with Crippen LogP contribution >= 0.6 is 0 Å². The summed E-state index contributed by atoms with van der Waals surface area (Å²) in [5, 5.41) is 1.06. The number of ether oxygens (including phenoxy) is 1. The van der Waals surface area contributed by atoms with E-state index in [2.05, 4.69) is 103 Å². The monoisotopic (exact) mass is 652 g/mol. The molecule has 2 heterocycles. The lowest BCUT2D eigenvalue weighted by molar-refractivity contribution is -2.00. The molecule has 0 aliphatic carbocycles. The number of hydrogen-bond donors (Lipinski definition) is 0. The number of para-hydroxylation sites is 1. The lowest BCUT2D eigenvalue weighted by Gasteiger charge is -2.19. The van der Waals surface area contributed by atoms with Gasteiger partial charge in [-0.3, -0.25) is 0 Å². The van der Waals surface area contributed by atoms with Gasteiger partial charge in [0.2, 0.25) is 0 Å². The van der Waals surface area contributed by atoms with Gasteiger partial charge in [-0.05, 0) is 59.2 Å². The van der Waals surface area contributed by atoms with Crippen LogP contribution in [0, 0.1) is 10.2 Å². The molecule has 6 aromatic rings. The second kappa shape index (κ2) is 14.9. The van der Waals surface area contributed by atoms with Crippen molar-refractivity contribution in [1.82, 2.24) is 0 Å². The van der Waals surface area contributed by atoms with Crippen LogP contribution in [0.3, 0.4) is 0 Å². The van der Waals surface area contributed by atoms with E-state index in [9.17, 15) is 0 Å². The Morgan fingerprint density at radius 3 is 1.56 bits per heavy atom. The van der Waals surface area contributed by atoms with Crippen molar-refractivity contribution in [1.29, 1.82) is 0 Å². The van der Waals surface area contributed by atoms with Crippen LogP contribution in [0.25, 0.3) is 45.5 Å². The maximum Gasteiger partial charge on any atom is 0.361 e. The third kappa shape index (κ3) is 8.60. The smallest absolute Gasteiger partial charge is 0.361 e. The molecule has 0 amide bonds. The van der Waals surface area contributed by atoms with Gasteiger partial charge in [0.25, 0.3) is 0 Å². The van der Waals surface area contributed by atoms with Crippen LogP contribution in [0.4, 0.5) is 0 Å². The van der Waals surface area contributed by atoms with E-state index in [0.717, 1.165) is 67.2 Å². The zero-order valence-electron chi connectivity index (χ0n) is 25.6. The molecule has 7 heteroatoms. The Balaban J connectivity index is 0.000000749. The van der Waals surface area contributed by atoms with Crippen LogP contribution in [-0.4, -0.2) is 0 Å². The standard InChI is InChI=1S/C41H29O2.ClHO4/c1-5-15-31(16-6-1)35(28-36-29-41(34-21-11-4-12-22-34)42-38-24-14-13-23-37(36)38)25-30-26-39(32-17-7-2-8-18-32)43-40(27-30)33-19-9-3-10-20-33;2-1(3,4)5/h1-29H;(H,2,3,4,5)/q+1;/p-1. The molecule has 0 N–H and O–H groups in total. The Labute approximate surface area is 280 Å². The first-order chi connectivity index (χ1) is 23.3. The van der Waals surface area contributed by atoms with Crippen molar-refractivity contribution in [3.05, 3.63) is 198 Å². The zero-order valence-corrected chi connectivity index (χ0v) is 26.3. The number of fused-ring (bicyclic) bond motifs is 1. The average molecular weight is 653 g/mol. The predicted molar refractivity (Wildman–Crippen MR) is 178 cm³/mol. The van der Waals surface area contributed by atoms with Gasteiger partial charge in [0, 0.05) is 22.8 Å². The van der Waals surface area contributed by atoms with E-state index in [0.29, 0.717) is 0 Å². The number of benzene rings is 5. The maximum absolute atomic E-state index is 8.49. The Bertz CT molecular complexity index is 2050. The fourth-order valence-corrected chi connectivity index (χ4v) is 5.31. The summed E-state index contributed by atoms with van der Waals surface area (Å²) in [7, 11) is -4.94. The summed E-state index contributed by atoms with van der Waals surface area (Å²) in [6.07, 6.45) is 8.73. The van der Waals surface area contributed by atoms with E-state index in [-0.39, 0.29) is 0 Å². The van der Waals surface area contributed by atoms with Gasteiger partial charge in [0.05, 0.1) is 17.0 Å². The zero-order chi connectivity index (χ0) is 33.3. The summed E-state index contributed by atoms with van der Waals surface area (Å²) in [5.41, 5.74) is 8.29. The van der Waals surface area contributed by atoms with Crippen molar-refractivity contribution in [2.75, 3.05) is 0 Å². The molecule has 6 nitrogen and oxygen atoms in total. The minimum absolute atomic E-state index is 0.816. The highest BCUT2D eigenvalue weighted by Crippen LogP contribution is 2.35. The fraction of sp³-hybridized carbons (Fsp3) is 0. The minimum Gasteiger partial charge on any atom is -0.456 e. The fourth-order valence-electron chi connectivity index (χ4n) is 5.31. The molecule has 236 valence electrons. The maximum atomic E-state index is 8.49. The molecule has 0 fully saturated rings. The SMILES string of the molecule is C(=C1C=C(c2ccccc2)OC(c2ccccc2)=C1)C(=Cc1cc(-c2ccccc2)[o+]c2ccccc12)c1ccccc1.[O-][Cl+3]([O-])([O-])[O-]. The first-order valence-corrected chi connectivity index (χ1v) is 16.3. The molecule has 1 aliphatic heterocycles. The molecule has 5 aromatic carbocycles. The van der Waals surface area contributed by atoms with Crippen LogP contribution in [0.5, 0.6) is 0 Å². The highest BCUT2D eigenvalue weighted by molar-refractivity contribution is 5.97.